The van der Waals surface area contributed by atoms with E-state index in [4.69, 9.17) is 21.1 Å². The number of ether oxygens (including phenoxy) is 2. The molecule has 0 radical (unpaired) electrons. The van der Waals surface area contributed by atoms with Crippen LogP contribution in [0, 0.1) is 11.8 Å². The molecule has 7 heteroatoms. The number of hydrogen-bond donors (Lipinski definition) is 0. The third kappa shape index (κ3) is 2.99. The molecule has 5 nitrogen and oxygen atoms in total. The van der Waals surface area contributed by atoms with Crippen LogP contribution in [0.15, 0.2) is 29.2 Å². The lowest BCUT2D eigenvalue weighted by Gasteiger charge is -2.49. The summed E-state index contributed by atoms with van der Waals surface area (Å²) < 4.78 is 38.7. The maximum atomic E-state index is 12.7. The fourth-order valence-electron chi connectivity index (χ4n) is 3.55. The van der Waals surface area contributed by atoms with E-state index in [1.165, 1.54) is 17.1 Å². The van der Waals surface area contributed by atoms with Gasteiger partial charge in [0, 0.05) is 32.2 Å². The van der Waals surface area contributed by atoms with Crippen LogP contribution >= 0.6 is 11.6 Å². The number of hydrogen-bond acceptors (Lipinski definition) is 4. The molecule has 132 valence electrons. The maximum Gasteiger partial charge on any atom is 0.244 e. The van der Waals surface area contributed by atoms with Crippen LogP contribution in [0.2, 0.25) is 5.02 Å². The first kappa shape index (κ1) is 16.8. The molecule has 1 aromatic carbocycles. The lowest BCUT2D eigenvalue weighted by Crippen LogP contribution is -2.66. The second-order valence-electron chi connectivity index (χ2n) is 7.08. The van der Waals surface area contributed by atoms with Gasteiger partial charge in [-0.25, -0.2) is 8.42 Å². The van der Waals surface area contributed by atoms with Gasteiger partial charge >= 0.3 is 0 Å². The van der Waals surface area contributed by atoms with Gasteiger partial charge in [0.2, 0.25) is 10.0 Å². The van der Waals surface area contributed by atoms with E-state index in [0.29, 0.717) is 26.3 Å². The molecule has 3 fully saturated rings. The van der Waals surface area contributed by atoms with Crippen LogP contribution in [0.1, 0.15) is 19.3 Å². The van der Waals surface area contributed by atoms with Gasteiger partial charge in [0.15, 0.2) is 0 Å². The molecule has 3 aliphatic rings. The summed E-state index contributed by atoms with van der Waals surface area (Å²) in [6.07, 6.45) is 3.48. The Kier molecular flexibility index (Phi) is 4.37. The van der Waals surface area contributed by atoms with Crippen LogP contribution in [0.25, 0.3) is 0 Å². The topological polar surface area (TPSA) is 55.8 Å². The van der Waals surface area contributed by atoms with Crippen LogP contribution in [0.3, 0.4) is 0 Å². The van der Waals surface area contributed by atoms with Gasteiger partial charge in [-0.15, -0.1) is 0 Å². The van der Waals surface area contributed by atoms with Crippen LogP contribution in [-0.2, 0) is 19.5 Å². The molecule has 2 aliphatic heterocycles. The van der Waals surface area contributed by atoms with Crippen molar-refractivity contribution in [3.63, 3.8) is 0 Å². The summed E-state index contributed by atoms with van der Waals surface area (Å²) in [6.45, 7) is 2.94. The van der Waals surface area contributed by atoms with E-state index in [2.05, 4.69) is 0 Å². The fraction of sp³-hybridized carbons (Fsp3) is 0.647. The average Bonchev–Trinajstić information content (AvgIpc) is 3.23. The third-order valence-corrected chi connectivity index (χ3v) is 7.60. The number of nitrogens with zero attached hydrogens (tertiary/aromatic N) is 1. The number of sulfonamides is 1. The van der Waals surface area contributed by atoms with Crippen molar-refractivity contribution in [3.8, 4) is 0 Å². The highest BCUT2D eigenvalue weighted by Crippen LogP contribution is 2.43. The van der Waals surface area contributed by atoms with Gasteiger partial charge in [-0.2, -0.15) is 4.31 Å². The Balaban J connectivity index is 1.41. The summed E-state index contributed by atoms with van der Waals surface area (Å²) in [5.41, 5.74) is -0.377. The molecule has 1 aromatic rings. The monoisotopic (exact) mass is 371 g/mol. The normalized spacial score (nSPS) is 26.6. The van der Waals surface area contributed by atoms with Crippen LogP contribution in [0.4, 0.5) is 0 Å². The molecule has 0 amide bonds. The minimum absolute atomic E-state index is 0.168. The standard InChI is InChI=1S/C17H22ClNO4S/c18-15-3-1-2-4-16(15)24(20,21)19-11-17(12-19)14(7-8-23-17)10-22-9-13-5-6-13/h1-4,13-14H,5-12H2/t14-/m0/s1. The van der Waals surface area contributed by atoms with Gasteiger partial charge in [0.1, 0.15) is 10.5 Å². The van der Waals surface area contributed by atoms with Crippen molar-refractivity contribution in [2.45, 2.75) is 29.8 Å². The fourth-order valence-corrected chi connectivity index (χ4v) is 5.59. The minimum atomic E-state index is -3.56. The van der Waals surface area contributed by atoms with E-state index >= 15 is 0 Å². The third-order valence-electron chi connectivity index (χ3n) is 5.31. The summed E-state index contributed by atoms with van der Waals surface area (Å²) in [4.78, 5) is 0.168. The molecule has 0 bridgehead atoms. The first-order valence-corrected chi connectivity index (χ1v) is 10.3. The highest BCUT2D eigenvalue weighted by Gasteiger charge is 2.56. The summed E-state index contributed by atoms with van der Waals surface area (Å²) in [5, 5.41) is 0.259. The Hall–Kier alpha value is -0.660. The summed E-state index contributed by atoms with van der Waals surface area (Å²) in [6, 6.07) is 6.57. The van der Waals surface area contributed by atoms with Crippen molar-refractivity contribution in [1.82, 2.24) is 4.31 Å². The molecule has 2 saturated heterocycles. The second-order valence-corrected chi connectivity index (χ2v) is 9.40. The Morgan fingerprint density at radius 1 is 1.21 bits per heavy atom. The van der Waals surface area contributed by atoms with E-state index in [-0.39, 0.29) is 21.4 Å². The molecule has 1 aliphatic carbocycles. The molecule has 0 N–H and O–H groups in total. The quantitative estimate of drug-likeness (QED) is 0.771. The molecule has 0 unspecified atom stereocenters. The SMILES string of the molecule is O=S(=O)(c1ccccc1Cl)N1CC2(C1)OCC[C@H]2COCC1CC1. The smallest absolute Gasteiger partial charge is 0.244 e. The Morgan fingerprint density at radius 2 is 1.96 bits per heavy atom. The summed E-state index contributed by atoms with van der Waals surface area (Å²) >= 11 is 6.06. The first-order chi connectivity index (χ1) is 11.5. The largest absolute Gasteiger partial charge is 0.381 e. The first-order valence-electron chi connectivity index (χ1n) is 8.48. The highest BCUT2D eigenvalue weighted by molar-refractivity contribution is 7.89. The summed E-state index contributed by atoms with van der Waals surface area (Å²) in [5.74, 6) is 1.01. The van der Waals surface area contributed by atoms with E-state index in [1.807, 2.05) is 0 Å². The predicted molar refractivity (Wildman–Crippen MR) is 90.5 cm³/mol. The van der Waals surface area contributed by atoms with Crippen LogP contribution in [-0.4, -0.2) is 51.2 Å². The lowest BCUT2D eigenvalue weighted by molar-refractivity contribution is -0.114. The van der Waals surface area contributed by atoms with Gasteiger partial charge < -0.3 is 9.47 Å². The van der Waals surface area contributed by atoms with Gasteiger partial charge in [0.25, 0.3) is 0 Å². The van der Waals surface area contributed by atoms with Crippen molar-refractivity contribution in [2.75, 3.05) is 32.9 Å². The zero-order valence-corrected chi connectivity index (χ0v) is 15.1. The molecular weight excluding hydrogens is 350 g/mol. The van der Waals surface area contributed by atoms with E-state index in [9.17, 15) is 8.42 Å². The minimum Gasteiger partial charge on any atom is -0.381 e. The maximum absolute atomic E-state index is 12.7. The van der Waals surface area contributed by atoms with E-state index < -0.39 is 10.0 Å². The zero-order valence-electron chi connectivity index (χ0n) is 13.5. The number of halogens is 1. The van der Waals surface area contributed by atoms with Crippen molar-refractivity contribution >= 4 is 21.6 Å². The van der Waals surface area contributed by atoms with E-state index in [1.54, 1.807) is 24.3 Å². The van der Waals surface area contributed by atoms with Crippen molar-refractivity contribution in [2.24, 2.45) is 11.8 Å². The Bertz CT molecular complexity index is 713. The molecule has 24 heavy (non-hydrogen) atoms. The van der Waals surface area contributed by atoms with Crippen molar-refractivity contribution in [1.29, 1.82) is 0 Å². The molecule has 4 rings (SSSR count). The molecular formula is C17H22ClNO4S. The van der Waals surface area contributed by atoms with Gasteiger partial charge in [-0.1, -0.05) is 23.7 Å². The van der Waals surface area contributed by atoms with Crippen LogP contribution in [0.5, 0.6) is 0 Å². The van der Waals surface area contributed by atoms with E-state index in [0.717, 1.165) is 18.9 Å². The predicted octanol–water partition coefficient (Wildman–Crippen LogP) is 2.55. The molecule has 1 atom stereocenters. The van der Waals surface area contributed by atoms with Gasteiger partial charge in [0.05, 0.1) is 11.6 Å². The van der Waals surface area contributed by atoms with Gasteiger partial charge in [-0.3, -0.25) is 0 Å². The van der Waals surface area contributed by atoms with Crippen molar-refractivity contribution < 1.29 is 17.9 Å². The van der Waals surface area contributed by atoms with Crippen molar-refractivity contribution in [3.05, 3.63) is 29.3 Å². The molecule has 1 spiro atoms. The van der Waals surface area contributed by atoms with Gasteiger partial charge in [-0.05, 0) is 37.3 Å². The second kappa shape index (κ2) is 6.25. The number of benzene rings is 1. The Morgan fingerprint density at radius 3 is 2.67 bits per heavy atom. The summed E-state index contributed by atoms with van der Waals surface area (Å²) in [7, 11) is -3.56. The highest BCUT2D eigenvalue weighted by atomic mass is 35.5. The molecule has 1 saturated carbocycles. The zero-order chi connectivity index (χ0) is 16.8. The molecule has 2 heterocycles. The average molecular weight is 372 g/mol. The Labute approximate surface area is 147 Å². The lowest BCUT2D eigenvalue weighted by atomic mass is 9.83. The molecule has 0 aromatic heterocycles. The van der Waals surface area contributed by atoms with Crippen LogP contribution < -0.4 is 0 Å². The number of rotatable bonds is 6.